The molecule has 0 bridgehead atoms. The first-order valence-corrected chi connectivity index (χ1v) is 6.63. The molecule has 3 aromatic heterocycles. The lowest BCUT2D eigenvalue weighted by atomic mass is 10.1. The fraction of sp³-hybridized carbons (Fsp3) is 0.0625. The highest BCUT2D eigenvalue weighted by Gasteiger charge is 2.12. The summed E-state index contributed by atoms with van der Waals surface area (Å²) in [5, 5.41) is 5.21. The van der Waals surface area contributed by atoms with E-state index in [2.05, 4.69) is 20.1 Å². The van der Waals surface area contributed by atoms with Crippen LogP contribution >= 0.6 is 0 Å². The lowest BCUT2D eigenvalue weighted by molar-refractivity contribution is 0.432. The second kappa shape index (κ2) is 4.56. The van der Waals surface area contributed by atoms with Crippen molar-refractivity contribution >= 4 is 10.9 Å². The van der Waals surface area contributed by atoms with Gasteiger partial charge in [-0.05, 0) is 42.1 Å². The summed E-state index contributed by atoms with van der Waals surface area (Å²) >= 11 is 0. The largest absolute Gasteiger partial charge is 0.361 e. The van der Waals surface area contributed by atoms with Crippen LogP contribution in [0.5, 0.6) is 0 Å². The summed E-state index contributed by atoms with van der Waals surface area (Å²) in [5.74, 6) is 1.06. The number of aromatic amines is 1. The zero-order chi connectivity index (χ0) is 14.2. The highest BCUT2D eigenvalue weighted by atomic mass is 16.5. The molecule has 0 spiro atoms. The van der Waals surface area contributed by atoms with Gasteiger partial charge < -0.3 is 9.51 Å². The molecule has 0 amide bonds. The van der Waals surface area contributed by atoms with E-state index in [1.54, 1.807) is 12.4 Å². The van der Waals surface area contributed by atoms with Gasteiger partial charge in [-0.2, -0.15) is 4.98 Å². The number of rotatable bonds is 2. The highest BCUT2D eigenvalue weighted by Crippen LogP contribution is 2.25. The van der Waals surface area contributed by atoms with Crippen molar-refractivity contribution < 1.29 is 4.52 Å². The van der Waals surface area contributed by atoms with Crippen molar-refractivity contribution in [3.05, 3.63) is 54.5 Å². The quantitative estimate of drug-likeness (QED) is 0.607. The lowest BCUT2D eigenvalue weighted by Crippen LogP contribution is -1.86. The van der Waals surface area contributed by atoms with E-state index in [9.17, 15) is 0 Å². The molecule has 0 aliphatic carbocycles. The first-order valence-electron chi connectivity index (χ1n) is 6.63. The third kappa shape index (κ3) is 1.99. The van der Waals surface area contributed by atoms with Crippen LogP contribution in [0.25, 0.3) is 33.7 Å². The van der Waals surface area contributed by atoms with Gasteiger partial charge in [0.05, 0.1) is 0 Å². The Balaban J connectivity index is 1.78. The minimum absolute atomic E-state index is 0.504. The van der Waals surface area contributed by atoms with Gasteiger partial charge >= 0.3 is 0 Å². The number of nitrogens with zero attached hydrogens (tertiary/aromatic N) is 3. The first kappa shape index (κ1) is 11.8. The Morgan fingerprint density at radius 2 is 2.10 bits per heavy atom. The van der Waals surface area contributed by atoms with Crippen LogP contribution in [0.2, 0.25) is 0 Å². The molecular weight excluding hydrogens is 264 g/mol. The van der Waals surface area contributed by atoms with Crippen molar-refractivity contribution in [1.82, 2.24) is 20.1 Å². The average molecular weight is 276 g/mol. The molecule has 102 valence electrons. The monoisotopic (exact) mass is 276 g/mol. The predicted molar refractivity (Wildman–Crippen MR) is 79.6 cm³/mol. The van der Waals surface area contributed by atoms with E-state index >= 15 is 0 Å². The Labute approximate surface area is 120 Å². The summed E-state index contributed by atoms with van der Waals surface area (Å²) in [5.41, 5.74) is 3.89. The van der Waals surface area contributed by atoms with Gasteiger partial charge in [0.2, 0.25) is 5.82 Å². The van der Waals surface area contributed by atoms with Crippen molar-refractivity contribution in [2.24, 2.45) is 0 Å². The first-order chi connectivity index (χ1) is 10.3. The molecule has 0 aliphatic heterocycles. The Kier molecular flexibility index (Phi) is 2.57. The molecule has 0 fully saturated rings. The number of aromatic nitrogens is 4. The molecule has 21 heavy (non-hydrogen) atoms. The van der Waals surface area contributed by atoms with Gasteiger partial charge in [0.25, 0.3) is 5.89 Å². The van der Waals surface area contributed by atoms with Crippen molar-refractivity contribution in [1.29, 1.82) is 0 Å². The average Bonchev–Trinajstić information content (AvgIpc) is 3.16. The molecule has 0 atom stereocenters. The number of aryl methyl sites for hydroxylation is 1. The van der Waals surface area contributed by atoms with Crippen molar-refractivity contribution in [3.63, 3.8) is 0 Å². The van der Waals surface area contributed by atoms with E-state index in [0.29, 0.717) is 11.7 Å². The number of H-pyrrole nitrogens is 1. The molecule has 0 saturated carbocycles. The van der Waals surface area contributed by atoms with E-state index in [1.807, 2.05) is 43.5 Å². The van der Waals surface area contributed by atoms with Gasteiger partial charge in [0, 0.05) is 35.2 Å². The van der Waals surface area contributed by atoms with Crippen molar-refractivity contribution in [3.8, 4) is 22.8 Å². The number of benzene rings is 1. The van der Waals surface area contributed by atoms with Gasteiger partial charge in [0.1, 0.15) is 0 Å². The van der Waals surface area contributed by atoms with E-state index in [-0.39, 0.29) is 0 Å². The summed E-state index contributed by atoms with van der Waals surface area (Å²) in [7, 11) is 0. The van der Waals surface area contributed by atoms with E-state index in [4.69, 9.17) is 4.52 Å². The third-order valence-corrected chi connectivity index (χ3v) is 3.51. The standard InChI is InChI=1S/C16H12N4O/c1-10-4-6-17-9-13(10)15-19-16(21-20-15)12-3-2-11-5-7-18-14(11)8-12/h2-9,18H,1H3. The second-order valence-electron chi connectivity index (χ2n) is 4.89. The Morgan fingerprint density at radius 3 is 3.00 bits per heavy atom. The van der Waals surface area contributed by atoms with Gasteiger partial charge in [-0.25, -0.2) is 0 Å². The maximum Gasteiger partial charge on any atom is 0.258 e. The molecule has 4 rings (SSSR count). The summed E-state index contributed by atoms with van der Waals surface area (Å²) in [6, 6.07) is 9.96. The Morgan fingerprint density at radius 1 is 1.14 bits per heavy atom. The van der Waals surface area contributed by atoms with Crippen molar-refractivity contribution in [2.75, 3.05) is 0 Å². The zero-order valence-corrected chi connectivity index (χ0v) is 11.4. The van der Waals surface area contributed by atoms with E-state index in [0.717, 1.165) is 27.6 Å². The molecule has 5 nitrogen and oxygen atoms in total. The molecule has 0 aliphatic rings. The number of fused-ring (bicyclic) bond motifs is 1. The van der Waals surface area contributed by atoms with Crippen LogP contribution in [0.1, 0.15) is 5.56 Å². The molecule has 1 N–H and O–H groups in total. The lowest BCUT2D eigenvalue weighted by Gasteiger charge is -1.97. The number of pyridine rings is 1. The summed E-state index contributed by atoms with van der Waals surface area (Å²) in [6.45, 7) is 2.00. The van der Waals surface area contributed by atoms with Gasteiger partial charge in [-0.15, -0.1) is 0 Å². The van der Waals surface area contributed by atoms with Gasteiger partial charge in [-0.3, -0.25) is 4.98 Å². The fourth-order valence-electron chi connectivity index (χ4n) is 2.33. The van der Waals surface area contributed by atoms with Crippen LogP contribution in [0, 0.1) is 6.92 Å². The van der Waals surface area contributed by atoms with Crippen LogP contribution in [-0.2, 0) is 0 Å². The molecule has 0 saturated heterocycles. The van der Waals surface area contributed by atoms with Gasteiger partial charge in [0.15, 0.2) is 0 Å². The maximum absolute atomic E-state index is 5.38. The topological polar surface area (TPSA) is 67.6 Å². The molecular formula is C16H12N4O. The zero-order valence-electron chi connectivity index (χ0n) is 11.4. The summed E-state index contributed by atoms with van der Waals surface area (Å²) in [4.78, 5) is 11.8. The third-order valence-electron chi connectivity index (χ3n) is 3.51. The second-order valence-corrected chi connectivity index (χ2v) is 4.89. The summed E-state index contributed by atoms with van der Waals surface area (Å²) in [6.07, 6.45) is 5.41. The van der Waals surface area contributed by atoms with Crippen LogP contribution in [0.4, 0.5) is 0 Å². The molecule has 0 unspecified atom stereocenters. The number of nitrogens with one attached hydrogen (secondary N) is 1. The normalized spacial score (nSPS) is 11.1. The number of hydrogen-bond acceptors (Lipinski definition) is 4. The molecule has 4 aromatic rings. The Hall–Kier alpha value is -2.95. The van der Waals surface area contributed by atoms with Crippen LogP contribution in [0.3, 0.4) is 0 Å². The van der Waals surface area contributed by atoms with Gasteiger partial charge in [-0.1, -0.05) is 11.2 Å². The highest BCUT2D eigenvalue weighted by molar-refractivity contribution is 5.83. The van der Waals surface area contributed by atoms with Crippen molar-refractivity contribution in [2.45, 2.75) is 6.92 Å². The molecule has 1 aromatic carbocycles. The minimum atomic E-state index is 0.504. The van der Waals surface area contributed by atoms with Crippen LogP contribution < -0.4 is 0 Å². The number of hydrogen-bond donors (Lipinski definition) is 1. The Bertz CT molecular complexity index is 923. The fourth-order valence-corrected chi connectivity index (χ4v) is 2.33. The van der Waals surface area contributed by atoms with Crippen LogP contribution in [-0.4, -0.2) is 20.1 Å². The molecule has 3 heterocycles. The SMILES string of the molecule is Cc1ccncc1-c1noc(-c2ccc3cc[nH]c3c2)n1. The summed E-state index contributed by atoms with van der Waals surface area (Å²) < 4.78 is 5.38. The minimum Gasteiger partial charge on any atom is -0.361 e. The molecule has 5 heteroatoms. The predicted octanol–water partition coefficient (Wildman–Crippen LogP) is 3.59. The van der Waals surface area contributed by atoms with E-state index in [1.165, 1.54) is 0 Å². The maximum atomic E-state index is 5.38. The smallest absolute Gasteiger partial charge is 0.258 e. The van der Waals surface area contributed by atoms with E-state index < -0.39 is 0 Å². The molecule has 0 radical (unpaired) electrons. The van der Waals surface area contributed by atoms with Crippen LogP contribution in [0.15, 0.2) is 53.4 Å².